The smallest absolute Gasteiger partial charge is 0.463 e. The van der Waals surface area contributed by atoms with Crippen LogP contribution < -0.4 is 5.32 Å². The zero-order chi connectivity index (χ0) is 43.2. The van der Waals surface area contributed by atoms with E-state index >= 15 is 0 Å². The Hall–Kier alpha value is -2.29. The maximum atomic E-state index is 12.1. The monoisotopic (exact) mass is 850 g/mol. The quantitative estimate of drug-likeness (QED) is 0.0239. The maximum Gasteiger partial charge on any atom is 0.472 e. The average molecular weight is 850 g/mol. The first-order valence-corrected chi connectivity index (χ1v) is 25.3. The van der Waals surface area contributed by atoms with Gasteiger partial charge in [-0.05, 0) is 83.5 Å². The lowest BCUT2D eigenvalue weighted by Gasteiger charge is -2.15. The molecular formula is C49H88NO8P. The normalized spacial score (nSPS) is 13.8. The second-order valence-electron chi connectivity index (χ2n) is 15.7. The standard InChI is InChI=1S/C49H88NO8P/c1-3-5-7-9-11-13-15-17-19-20-21-22-23-24-25-26-28-30-32-34-36-38-40-42-49(53)56-45-47(51)46-58-59(54,55)57-44-43-50-48(52)41-39-37-35-33-31-29-27-18-16-14-12-10-8-6-4-2/h11-14,17-19,21-22,27,47,51H,3-10,15-16,20,23-26,28-46H2,1-2H3,(H,50,52)(H,54,55)/b13-11-,14-12-,19-17-,22-21-,27-18-. The number of unbranched alkanes of at least 4 members (excludes halogenated alkanes) is 21. The molecule has 59 heavy (non-hydrogen) atoms. The molecule has 0 fully saturated rings. The van der Waals surface area contributed by atoms with Crippen LogP contribution in [-0.4, -0.2) is 54.3 Å². The Morgan fingerprint density at radius 2 is 0.915 bits per heavy atom. The molecule has 2 atom stereocenters. The largest absolute Gasteiger partial charge is 0.472 e. The number of phosphoric acid groups is 1. The molecule has 3 N–H and O–H groups in total. The van der Waals surface area contributed by atoms with Crippen molar-refractivity contribution >= 4 is 19.7 Å². The van der Waals surface area contributed by atoms with E-state index in [0.29, 0.717) is 6.42 Å². The van der Waals surface area contributed by atoms with Crippen molar-refractivity contribution in [3.8, 4) is 0 Å². The molecule has 342 valence electrons. The van der Waals surface area contributed by atoms with Gasteiger partial charge in [0.1, 0.15) is 12.7 Å². The van der Waals surface area contributed by atoms with E-state index in [2.05, 4.69) is 79.9 Å². The van der Waals surface area contributed by atoms with Gasteiger partial charge in [0.2, 0.25) is 5.91 Å². The first-order valence-electron chi connectivity index (χ1n) is 23.8. The van der Waals surface area contributed by atoms with Gasteiger partial charge in [0.05, 0.1) is 13.2 Å². The Morgan fingerprint density at radius 3 is 1.37 bits per heavy atom. The number of aliphatic hydroxyl groups is 1. The van der Waals surface area contributed by atoms with Crippen LogP contribution in [0.1, 0.15) is 206 Å². The van der Waals surface area contributed by atoms with Crippen molar-refractivity contribution in [1.82, 2.24) is 5.32 Å². The summed E-state index contributed by atoms with van der Waals surface area (Å²) in [4.78, 5) is 34.0. The van der Waals surface area contributed by atoms with E-state index in [0.717, 1.165) is 77.0 Å². The second kappa shape index (κ2) is 45.2. The van der Waals surface area contributed by atoms with Crippen molar-refractivity contribution < 1.29 is 37.9 Å². The summed E-state index contributed by atoms with van der Waals surface area (Å²) in [6, 6.07) is 0. The van der Waals surface area contributed by atoms with Crippen molar-refractivity contribution in [2.24, 2.45) is 0 Å². The van der Waals surface area contributed by atoms with Crippen LogP contribution in [0.25, 0.3) is 0 Å². The first-order chi connectivity index (χ1) is 28.8. The number of hydrogen-bond acceptors (Lipinski definition) is 7. The van der Waals surface area contributed by atoms with Crippen LogP contribution in [0.5, 0.6) is 0 Å². The molecule has 0 spiro atoms. The van der Waals surface area contributed by atoms with Crippen LogP contribution in [0.3, 0.4) is 0 Å². The predicted molar refractivity (Wildman–Crippen MR) is 247 cm³/mol. The van der Waals surface area contributed by atoms with E-state index < -0.39 is 26.5 Å². The number of amides is 1. The molecule has 0 rings (SSSR count). The van der Waals surface area contributed by atoms with E-state index in [9.17, 15) is 24.2 Å². The predicted octanol–water partition coefficient (Wildman–Crippen LogP) is 13.7. The van der Waals surface area contributed by atoms with E-state index in [1.165, 1.54) is 103 Å². The van der Waals surface area contributed by atoms with Crippen molar-refractivity contribution in [2.45, 2.75) is 213 Å². The minimum absolute atomic E-state index is 0.0718. The minimum Gasteiger partial charge on any atom is -0.463 e. The summed E-state index contributed by atoms with van der Waals surface area (Å²) < 4.78 is 26.9. The van der Waals surface area contributed by atoms with E-state index in [4.69, 9.17) is 13.8 Å². The molecular weight excluding hydrogens is 762 g/mol. The van der Waals surface area contributed by atoms with E-state index in [1.54, 1.807) is 0 Å². The molecule has 9 nitrogen and oxygen atoms in total. The molecule has 0 aromatic carbocycles. The number of carbonyl (C=O) groups is 2. The molecule has 0 saturated carbocycles. The van der Waals surface area contributed by atoms with Gasteiger partial charge in [-0.2, -0.15) is 0 Å². The van der Waals surface area contributed by atoms with E-state index in [1.807, 2.05) is 0 Å². The summed E-state index contributed by atoms with van der Waals surface area (Å²) in [5.41, 5.74) is 0. The Kier molecular flexibility index (Phi) is 43.5. The molecule has 1 amide bonds. The third-order valence-electron chi connectivity index (χ3n) is 9.92. The number of aliphatic hydroxyl groups excluding tert-OH is 1. The Labute approximate surface area is 361 Å². The molecule has 10 heteroatoms. The van der Waals surface area contributed by atoms with Gasteiger partial charge in [-0.3, -0.25) is 18.6 Å². The molecule has 0 aromatic rings. The van der Waals surface area contributed by atoms with Crippen LogP contribution in [0.15, 0.2) is 60.8 Å². The van der Waals surface area contributed by atoms with Gasteiger partial charge in [-0.1, -0.05) is 171 Å². The Bertz CT molecular complexity index is 1150. The molecule has 0 bridgehead atoms. The summed E-state index contributed by atoms with van der Waals surface area (Å²) in [5, 5.41) is 12.7. The molecule has 0 heterocycles. The highest BCUT2D eigenvalue weighted by atomic mass is 31.2. The SMILES string of the molecule is CCCCC/C=C\C/C=C\C/C=C\CCCCCCCCCCCCC(=O)OCC(O)COP(=O)(O)OCCNC(=O)CCCCCCC/C=C\C/C=C\CCCCC. The van der Waals surface area contributed by atoms with E-state index in [-0.39, 0.29) is 32.1 Å². The highest BCUT2D eigenvalue weighted by Crippen LogP contribution is 2.42. The highest BCUT2D eigenvalue weighted by molar-refractivity contribution is 7.47. The zero-order valence-corrected chi connectivity index (χ0v) is 38.6. The number of allylic oxidation sites excluding steroid dienone is 10. The van der Waals surface area contributed by atoms with Gasteiger partial charge in [0.25, 0.3) is 0 Å². The first kappa shape index (κ1) is 56.7. The van der Waals surface area contributed by atoms with Crippen molar-refractivity contribution in [1.29, 1.82) is 0 Å². The molecule has 0 radical (unpaired) electrons. The van der Waals surface area contributed by atoms with Crippen LogP contribution in [0, 0.1) is 0 Å². The van der Waals surface area contributed by atoms with Gasteiger partial charge in [-0.15, -0.1) is 0 Å². The molecule has 0 aliphatic rings. The Balaban J connectivity index is 3.60. The average Bonchev–Trinajstić information content (AvgIpc) is 3.22. The topological polar surface area (TPSA) is 131 Å². The van der Waals surface area contributed by atoms with Crippen molar-refractivity contribution in [3.63, 3.8) is 0 Å². The van der Waals surface area contributed by atoms with Crippen molar-refractivity contribution in [3.05, 3.63) is 60.8 Å². The summed E-state index contributed by atoms with van der Waals surface area (Å²) in [5.74, 6) is -0.535. The summed E-state index contributed by atoms with van der Waals surface area (Å²) >= 11 is 0. The fourth-order valence-electron chi connectivity index (χ4n) is 6.30. The maximum absolute atomic E-state index is 12.1. The van der Waals surface area contributed by atoms with Crippen LogP contribution in [0.2, 0.25) is 0 Å². The molecule has 0 aliphatic carbocycles. The second-order valence-corrected chi connectivity index (χ2v) is 17.2. The van der Waals surface area contributed by atoms with Crippen molar-refractivity contribution in [2.75, 3.05) is 26.4 Å². The molecule has 0 aliphatic heterocycles. The summed E-state index contributed by atoms with van der Waals surface area (Å²) in [6.45, 7) is 3.48. The highest BCUT2D eigenvalue weighted by Gasteiger charge is 2.23. The lowest BCUT2D eigenvalue weighted by Crippen LogP contribution is -2.27. The van der Waals surface area contributed by atoms with Crippen LogP contribution in [0.4, 0.5) is 0 Å². The third kappa shape index (κ3) is 46.6. The lowest BCUT2D eigenvalue weighted by atomic mass is 10.1. The fourth-order valence-corrected chi connectivity index (χ4v) is 7.06. The number of esters is 1. The zero-order valence-electron chi connectivity index (χ0n) is 37.7. The summed E-state index contributed by atoms with van der Waals surface area (Å²) in [6.07, 6.45) is 54.3. The number of rotatable bonds is 44. The van der Waals surface area contributed by atoms with Crippen LogP contribution in [-0.2, 0) is 27.9 Å². The molecule has 2 unspecified atom stereocenters. The van der Waals surface area contributed by atoms with Gasteiger partial charge in [-0.25, -0.2) is 4.57 Å². The number of carbonyl (C=O) groups excluding carboxylic acids is 2. The Morgan fingerprint density at radius 1 is 0.525 bits per heavy atom. The number of nitrogens with one attached hydrogen (secondary N) is 1. The van der Waals surface area contributed by atoms with Gasteiger partial charge < -0.3 is 20.1 Å². The number of ether oxygens (including phenoxy) is 1. The minimum atomic E-state index is -4.43. The molecule has 0 aromatic heterocycles. The number of phosphoric ester groups is 1. The third-order valence-corrected chi connectivity index (χ3v) is 10.9. The van der Waals surface area contributed by atoms with Crippen LogP contribution >= 0.6 is 7.82 Å². The fraction of sp³-hybridized carbons (Fsp3) is 0.755. The van der Waals surface area contributed by atoms with Gasteiger partial charge in [0.15, 0.2) is 0 Å². The van der Waals surface area contributed by atoms with Gasteiger partial charge >= 0.3 is 13.8 Å². The lowest BCUT2D eigenvalue weighted by molar-refractivity contribution is -0.147. The molecule has 0 saturated heterocycles. The summed E-state index contributed by atoms with van der Waals surface area (Å²) in [7, 11) is -4.43. The number of hydrogen-bond donors (Lipinski definition) is 3. The van der Waals surface area contributed by atoms with Gasteiger partial charge in [0, 0.05) is 19.4 Å².